The molecule has 0 radical (unpaired) electrons. The van der Waals surface area contributed by atoms with E-state index < -0.39 is 0 Å². The van der Waals surface area contributed by atoms with E-state index in [4.69, 9.17) is 0 Å². The molecule has 0 bridgehead atoms. The number of amides is 1. The van der Waals surface area contributed by atoms with Crippen molar-refractivity contribution in [1.82, 2.24) is 15.3 Å². The first-order valence-corrected chi connectivity index (χ1v) is 9.65. The van der Waals surface area contributed by atoms with Gasteiger partial charge in [0.05, 0.1) is 5.75 Å². The van der Waals surface area contributed by atoms with Gasteiger partial charge in [0.1, 0.15) is 0 Å². The highest BCUT2D eigenvalue weighted by Crippen LogP contribution is 2.17. The molecule has 25 heavy (non-hydrogen) atoms. The second-order valence-electron chi connectivity index (χ2n) is 6.59. The summed E-state index contributed by atoms with van der Waals surface area (Å²) in [4.78, 5) is 20.9. The van der Waals surface area contributed by atoms with E-state index in [9.17, 15) is 4.79 Å². The van der Waals surface area contributed by atoms with Gasteiger partial charge in [-0.2, -0.15) is 0 Å². The molecule has 1 heterocycles. The van der Waals surface area contributed by atoms with Crippen LogP contribution in [-0.4, -0.2) is 28.2 Å². The van der Waals surface area contributed by atoms with Crippen molar-refractivity contribution in [3.05, 3.63) is 52.3 Å². The summed E-state index contributed by atoms with van der Waals surface area (Å²) in [5.41, 5.74) is 5.64. The van der Waals surface area contributed by atoms with Crippen molar-refractivity contribution in [2.24, 2.45) is 0 Å². The predicted molar refractivity (Wildman–Crippen MR) is 104 cm³/mol. The quantitative estimate of drug-likeness (QED) is 0.602. The van der Waals surface area contributed by atoms with Gasteiger partial charge in [-0.25, -0.2) is 9.97 Å². The van der Waals surface area contributed by atoms with E-state index in [1.165, 1.54) is 22.9 Å². The molecule has 1 amide bonds. The van der Waals surface area contributed by atoms with Gasteiger partial charge in [0.2, 0.25) is 5.91 Å². The summed E-state index contributed by atoms with van der Waals surface area (Å²) in [7, 11) is 0. The fourth-order valence-corrected chi connectivity index (χ4v) is 3.17. The minimum atomic E-state index is 0.0169. The lowest BCUT2D eigenvalue weighted by Gasteiger charge is -2.09. The van der Waals surface area contributed by atoms with Crippen LogP contribution >= 0.6 is 11.8 Å². The predicted octanol–water partition coefficient (Wildman–Crippen LogP) is 3.98. The summed E-state index contributed by atoms with van der Waals surface area (Å²) in [5, 5.41) is 3.63. The zero-order valence-electron chi connectivity index (χ0n) is 15.7. The second kappa shape index (κ2) is 8.99. The molecule has 1 aromatic heterocycles. The van der Waals surface area contributed by atoms with Crippen molar-refractivity contribution in [2.45, 2.75) is 52.1 Å². The lowest BCUT2D eigenvalue weighted by molar-refractivity contribution is -0.118. The molecule has 1 aromatic carbocycles. The molecule has 4 nitrogen and oxygen atoms in total. The van der Waals surface area contributed by atoms with Crippen LogP contribution in [0.4, 0.5) is 0 Å². The minimum absolute atomic E-state index is 0.0169. The molecule has 2 aromatic rings. The van der Waals surface area contributed by atoms with Crippen LogP contribution in [-0.2, 0) is 11.2 Å². The fourth-order valence-electron chi connectivity index (χ4n) is 2.40. The molecular weight excluding hydrogens is 330 g/mol. The van der Waals surface area contributed by atoms with E-state index in [1.807, 2.05) is 20.8 Å². The molecule has 2 rings (SSSR count). The molecular formula is C20H27N3OS. The lowest BCUT2D eigenvalue weighted by atomic mass is 10.0. The minimum Gasteiger partial charge on any atom is -0.355 e. The lowest BCUT2D eigenvalue weighted by Crippen LogP contribution is -2.27. The highest BCUT2D eigenvalue weighted by Gasteiger charge is 2.08. The number of carbonyl (C=O) groups is 1. The van der Waals surface area contributed by atoms with Crippen LogP contribution in [0.5, 0.6) is 0 Å². The molecule has 0 spiro atoms. The number of nitrogens with zero attached hydrogens (tertiary/aromatic N) is 2. The van der Waals surface area contributed by atoms with Crippen LogP contribution in [0.25, 0.3) is 0 Å². The van der Waals surface area contributed by atoms with E-state index >= 15 is 0 Å². The van der Waals surface area contributed by atoms with Gasteiger partial charge in [0.25, 0.3) is 0 Å². The van der Waals surface area contributed by atoms with Crippen molar-refractivity contribution in [3.63, 3.8) is 0 Å². The van der Waals surface area contributed by atoms with E-state index in [1.54, 1.807) is 0 Å². The molecule has 0 saturated carbocycles. The molecule has 0 unspecified atom stereocenters. The Kier molecular flexibility index (Phi) is 7.00. The maximum atomic E-state index is 12.0. The van der Waals surface area contributed by atoms with Gasteiger partial charge in [0, 0.05) is 17.9 Å². The first kappa shape index (κ1) is 19.4. The van der Waals surface area contributed by atoms with Gasteiger partial charge in [-0.15, -0.1) is 0 Å². The average Bonchev–Trinajstić information content (AvgIpc) is 2.58. The second-order valence-corrected chi connectivity index (χ2v) is 7.53. The van der Waals surface area contributed by atoms with Crippen LogP contribution in [0.3, 0.4) is 0 Å². The molecule has 5 heteroatoms. The third-order valence-electron chi connectivity index (χ3n) is 4.33. The summed E-state index contributed by atoms with van der Waals surface area (Å²) in [6, 6.07) is 8.61. The molecule has 1 N–H and O–H groups in total. The number of aromatic nitrogens is 2. The Bertz CT molecular complexity index is 703. The summed E-state index contributed by atoms with van der Waals surface area (Å²) < 4.78 is 0. The van der Waals surface area contributed by atoms with E-state index in [2.05, 4.69) is 53.4 Å². The number of hydrogen-bond acceptors (Lipinski definition) is 4. The summed E-state index contributed by atoms with van der Waals surface area (Å²) in [6.45, 7) is 11.0. The first-order chi connectivity index (χ1) is 11.9. The van der Waals surface area contributed by atoms with E-state index in [0.29, 0.717) is 23.4 Å². The Hall–Kier alpha value is -1.88. The number of nitrogens with one attached hydrogen (secondary N) is 1. The Morgan fingerprint density at radius 3 is 2.24 bits per heavy atom. The summed E-state index contributed by atoms with van der Waals surface area (Å²) in [5.74, 6) is 0.902. The van der Waals surface area contributed by atoms with Gasteiger partial charge in [-0.05, 0) is 49.8 Å². The smallest absolute Gasteiger partial charge is 0.230 e. The average molecular weight is 358 g/mol. The molecule has 134 valence electrons. The van der Waals surface area contributed by atoms with Gasteiger partial charge < -0.3 is 5.32 Å². The van der Waals surface area contributed by atoms with Gasteiger partial charge in [-0.1, -0.05) is 49.9 Å². The zero-order chi connectivity index (χ0) is 18.4. The van der Waals surface area contributed by atoms with Crippen LogP contribution in [0.15, 0.2) is 29.4 Å². The highest BCUT2D eigenvalue weighted by atomic mass is 32.2. The van der Waals surface area contributed by atoms with Crippen molar-refractivity contribution in [2.75, 3.05) is 12.3 Å². The number of benzene rings is 1. The number of carbonyl (C=O) groups excluding carboxylic acids is 1. The molecule has 0 fully saturated rings. The maximum Gasteiger partial charge on any atom is 0.230 e. The topological polar surface area (TPSA) is 54.9 Å². The van der Waals surface area contributed by atoms with Crippen LogP contribution < -0.4 is 5.32 Å². The SMILES string of the molecule is Cc1nc(SCC(=O)NCCc2ccc(C(C)C)cc2)nc(C)c1C. The zero-order valence-corrected chi connectivity index (χ0v) is 16.5. The van der Waals surface area contributed by atoms with Crippen molar-refractivity contribution >= 4 is 17.7 Å². The van der Waals surface area contributed by atoms with Crippen molar-refractivity contribution in [1.29, 1.82) is 0 Å². The number of rotatable bonds is 7. The third-order valence-corrected chi connectivity index (χ3v) is 5.17. The Labute approximate surface area is 154 Å². The van der Waals surface area contributed by atoms with Crippen LogP contribution in [0.1, 0.15) is 47.8 Å². The third kappa shape index (κ3) is 5.85. The first-order valence-electron chi connectivity index (χ1n) is 8.67. The summed E-state index contributed by atoms with van der Waals surface area (Å²) >= 11 is 1.38. The molecule has 0 aliphatic rings. The summed E-state index contributed by atoms with van der Waals surface area (Å²) in [6.07, 6.45) is 0.841. The normalized spacial score (nSPS) is 11.0. The number of thioether (sulfide) groups is 1. The monoisotopic (exact) mass is 357 g/mol. The molecule has 0 aliphatic carbocycles. The number of aryl methyl sites for hydroxylation is 2. The van der Waals surface area contributed by atoms with Gasteiger partial charge in [-0.3, -0.25) is 4.79 Å². The van der Waals surface area contributed by atoms with Gasteiger partial charge >= 0.3 is 0 Å². The Morgan fingerprint density at radius 1 is 1.08 bits per heavy atom. The highest BCUT2D eigenvalue weighted by molar-refractivity contribution is 7.99. The molecule has 0 atom stereocenters. The van der Waals surface area contributed by atoms with Gasteiger partial charge in [0.15, 0.2) is 5.16 Å². The van der Waals surface area contributed by atoms with Crippen LogP contribution in [0, 0.1) is 20.8 Å². The van der Waals surface area contributed by atoms with Crippen molar-refractivity contribution < 1.29 is 4.79 Å². The fraction of sp³-hybridized carbons (Fsp3) is 0.450. The Balaban J connectivity index is 1.75. The van der Waals surface area contributed by atoms with E-state index in [0.717, 1.165) is 23.4 Å². The molecule has 0 saturated heterocycles. The van der Waals surface area contributed by atoms with E-state index in [-0.39, 0.29) is 5.91 Å². The largest absolute Gasteiger partial charge is 0.355 e. The number of hydrogen-bond donors (Lipinski definition) is 1. The Morgan fingerprint density at radius 2 is 1.68 bits per heavy atom. The molecule has 0 aliphatic heterocycles. The maximum absolute atomic E-state index is 12.0. The standard InChI is InChI=1S/C20H27N3OS/c1-13(2)18-8-6-17(7-9-18)10-11-21-19(24)12-25-20-22-15(4)14(3)16(5)23-20/h6-9,13H,10-12H2,1-5H3,(H,21,24). The van der Waals surface area contributed by atoms with Crippen LogP contribution in [0.2, 0.25) is 0 Å². The van der Waals surface area contributed by atoms with Crippen molar-refractivity contribution in [3.8, 4) is 0 Å².